The van der Waals surface area contributed by atoms with Crippen LogP contribution < -0.4 is 10.6 Å². The Balaban J connectivity index is 2.09. The highest BCUT2D eigenvalue weighted by atomic mass is 79.9. The first-order valence-electron chi connectivity index (χ1n) is 5.49. The lowest BCUT2D eigenvalue weighted by molar-refractivity contribution is -0.118. The van der Waals surface area contributed by atoms with Crippen LogP contribution in [0.1, 0.15) is 5.56 Å². The van der Waals surface area contributed by atoms with Gasteiger partial charge in [-0.25, -0.2) is 4.79 Å². The number of carbonyl (C=O) groups excluding carboxylic acids is 2. The van der Waals surface area contributed by atoms with E-state index in [1.807, 2.05) is 30.3 Å². The fourth-order valence-electron chi connectivity index (χ4n) is 1.19. The van der Waals surface area contributed by atoms with Crippen molar-refractivity contribution in [3.63, 3.8) is 0 Å². The largest absolute Gasteiger partial charge is 0.445 e. The molecule has 0 aliphatic carbocycles. The Hall–Kier alpha value is -1.56. The van der Waals surface area contributed by atoms with E-state index in [4.69, 9.17) is 4.74 Å². The van der Waals surface area contributed by atoms with Gasteiger partial charge in [0.2, 0.25) is 5.91 Å². The van der Waals surface area contributed by atoms with E-state index in [1.54, 1.807) is 0 Å². The maximum Gasteiger partial charge on any atom is 0.407 e. The third-order valence-corrected chi connectivity index (χ3v) is 2.56. The Kier molecular flexibility index (Phi) is 6.86. The standard InChI is InChI=1S/C12H15BrN2O3/c13-8-11(16)14-6-7-15-12(17)18-9-10-4-2-1-3-5-10/h1-5H,6-9H2,(H,14,16)(H,15,17). The molecule has 5 nitrogen and oxygen atoms in total. The molecular formula is C12H15BrN2O3. The minimum absolute atomic E-state index is 0.116. The number of alkyl halides is 1. The van der Waals surface area contributed by atoms with Crippen LogP contribution in [0.25, 0.3) is 0 Å². The summed E-state index contributed by atoms with van der Waals surface area (Å²) in [6.07, 6.45) is -0.494. The molecule has 98 valence electrons. The molecule has 0 bridgehead atoms. The normalized spacial score (nSPS) is 9.61. The Bertz CT molecular complexity index is 384. The fourth-order valence-corrected chi connectivity index (χ4v) is 1.39. The lowest BCUT2D eigenvalue weighted by Crippen LogP contribution is -2.35. The average Bonchev–Trinajstić information content (AvgIpc) is 2.42. The summed E-state index contributed by atoms with van der Waals surface area (Å²) in [6.45, 7) is 0.956. The van der Waals surface area contributed by atoms with E-state index >= 15 is 0 Å². The van der Waals surface area contributed by atoms with Crippen molar-refractivity contribution >= 4 is 27.9 Å². The predicted molar refractivity (Wildman–Crippen MR) is 71.4 cm³/mol. The van der Waals surface area contributed by atoms with Crippen molar-refractivity contribution in [2.24, 2.45) is 0 Å². The summed E-state index contributed by atoms with van der Waals surface area (Å²) >= 11 is 3.02. The molecule has 18 heavy (non-hydrogen) atoms. The monoisotopic (exact) mass is 314 g/mol. The number of rotatable bonds is 6. The summed E-state index contributed by atoms with van der Waals surface area (Å²) in [4.78, 5) is 22.1. The number of carbonyl (C=O) groups is 2. The van der Waals surface area contributed by atoms with Crippen molar-refractivity contribution in [3.8, 4) is 0 Å². The first-order valence-corrected chi connectivity index (χ1v) is 6.61. The van der Waals surface area contributed by atoms with Gasteiger partial charge in [0.15, 0.2) is 0 Å². The van der Waals surface area contributed by atoms with E-state index in [2.05, 4.69) is 26.6 Å². The summed E-state index contributed by atoms with van der Waals surface area (Å²) in [5.41, 5.74) is 0.931. The first kappa shape index (κ1) is 14.5. The maximum atomic E-state index is 11.3. The van der Waals surface area contributed by atoms with E-state index in [9.17, 15) is 9.59 Å². The Morgan fingerprint density at radius 1 is 1.11 bits per heavy atom. The zero-order chi connectivity index (χ0) is 13.2. The van der Waals surface area contributed by atoms with Gasteiger partial charge >= 0.3 is 6.09 Å². The Morgan fingerprint density at radius 3 is 2.44 bits per heavy atom. The number of amides is 2. The van der Waals surface area contributed by atoms with Gasteiger partial charge < -0.3 is 15.4 Å². The van der Waals surface area contributed by atoms with Crippen LogP contribution in [-0.2, 0) is 16.1 Å². The highest BCUT2D eigenvalue weighted by molar-refractivity contribution is 9.09. The van der Waals surface area contributed by atoms with Crippen molar-refractivity contribution in [1.82, 2.24) is 10.6 Å². The number of hydrogen-bond acceptors (Lipinski definition) is 3. The molecule has 1 rings (SSSR count). The molecule has 0 aliphatic rings. The summed E-state index contributed by atoms with van der Waals surface area (Å²) in [5, 5.41) is 5.40. The summed E-state index contributed by atoms with van der Waals surface area (Å²) in [5.74, 6) is -0.116. The lowest BCUT2D eigenvalue weighted by atomic mass is 10.2. The molecule has 0 radical (unpaired) electrons. The highest BCUT2D eigenvalue weighted by Gasteiger charge is 2.02. The molecule has 2 amide bonds. The summed E-state index contributed by atoms with van der Waals surface area (Å²) in [7, 11) is 0. The van der Waals surface area contributed by atoms with Gasteiger partial charge in [-0.2, -0.15) is 0 Å². The van der Waals surface area contributed by atoms with Crippen LogP contribution in [-0.4, -0.2) is 30.4 Å². The SMILES string of the molecule is O=C(CBr)NCCNC(=O)OCc1ccccc1. The molecule has 0 saturated carbocycles. The minimum atomic E-state index is -0.494. The molecule has 0 aromatic heterocycles. The van der Waals surface area contributed by atoms with Crippen LogP contribution in [0.15, 0.2) is 30.3 Å². The van der Waals surface area contributed by atoms with Crippen LogP contribution >= 0.6 is 15.9 Å². The van der Waals surface area contributed by atoms with Crippen molar-refractivity contribution in [2.45, 2.75) is 6.61 Å². The number of hydrogen-bond donors (Lipinski definition) is 2. The van der Waals surface area contributed by atoms with Crippen molar-refractivity contribution in [3.05, 3.63) is 35.9 Å². The van der Waals surface area contributed by atoms with E-state index < -0.39 is 6.09 Å². The number of alkyl carbamates (subject to hydrolysis) is 1. The van der Waals surface area contributed by atoms with Gasteiger partial charge in [0.25, 0.3) is 0 Å². The molecule has 0 saturated heterocycles. The van der Waals surface area contributed by atoms with Crippen molar-refractivity contribution in [2.75, 3.05) is 18.4 Å². The van der Waals surface area contributed by atoms with Crippen LogP contribution in [0.5, 0.6) is 0 Å². The zero-order valence-corrected chi connectivity index (χ0v) is 11.4. The summed E-state index contributed by atoms with van der Waals surface area (Å²) < 4.78 is 4.99. The smallest absolute Gasteiger partial charge is 0.407 e. The van der Waals surface area contributed by atoms with Crippen molar-refractivity contribution in [1.29, 1.82) is 0 Å². The molecule has 2 N–H and O–H groups in total. The van der Waals surface area contributed by atoms with E-state index in [-0.39, 0.29) is 17.8 Å². The van der Waals surface area contributed by atoms with Crippen LogP contribution in [0.4, 0.5) is 4.79 Å². The quantitative estimate of drug-likeness (QED) is 0.616. The second kappa shape index (κ2) is 8.52. The van der Waals surface area contributed by atoms with Crippen LogP contribution in [0.3, 0.4) is 0 Å². The molecule has 0 spiro atoms. The van der Waals surface area contributed by atoms with Crippen LogP contribution in [0, 0.1) is 0 Å². The Morgan fingerprint density at radius 2 is 1.78 bits per heavy atom. The molecule has 0 heterocycles. The van der Waals surface area contributed by atoms with Gasteiger partial charge in [-0.3, -0.25) is 4.79 Å². The predicted octanol–water partition coefficient (Wildman–Crippen LogP) is 1.42. The third kappa shape index (κ3) is 6.24. The van der Waals surface area contributed by atoms with E-state index in [0.29, 0.717) is 13.1 Å². The minimum Gasteiger partial charge on any atom is -0.445 e. The number of halogens is 1. The Labute approximate surface area is 114 Å². The molecule has 0 aliphatic heterocycles. The van der Waals surface area contributed by atoms with Gasteiger partial charge in [-0.1, -0.05) is 46.3 Å². The molecular weight excluding hydrogens is 300 g/mol. The number of benzene rings is 1. The van der Waals surface area contributed by atoms with E-state index in [0.717, 1.165) is 5.56 Å². The average molecular weight is 315 g/mol. The van der Waals surface area contributed by atoms with Gasteiger partial charge in [0, 0.05) is 13.1 Å². The van der Waals surface area contributed by atoms with Crippen molar-refractivity contribution < 1.29 is 14.3 Å². The first-order chi connectivity index (χ1) is 8.72. The molecule has 0 atom stereocenters. The molecule has 1 aromatic rings. The zero-order valence-electron chi connectivity index (χ0n) is 9.82. The number of nitrogens with one attached hydrogen (secondary N) is 2. The second-order valence-corrected chi connectivity index (χ2v) is 4.03. The highest BCUT2D eigenvalue weighted by Crippen LogP contribution is 2.00. The van der Waals surface area contributed by atoms with Gasteiger partial charge in [0.05, 0.1) is 5.33 Å². The van der Waals surface area contributed by atoms with Gasteiger partial charge in [-0.05, 0) is 5.56 Å². The maximum absolute atomic E-state index is 11.3. The third-order valence-electron chi connectivity index (χ3n) is 2.05. The molecule has 0 unspecified atom stereocenters. The molecule has 0 fully saturated rings. The van der Waals surface area contributed by atoms with Gasteiger partial charge in [0.1, 0.15) is 6.61 Å². The lowest BCUT2D eigenvalue weighted by Gasteiger charge is -2.07. The topological polar surface area (TPSA) is 67.4 Å². The van der Waals surface area contributed by atoms with E-state index in [1.165, 1.54) is 0 Å². The molecule has 6 heteroatoms. The fraction of sp³-hybridized carbons (Fsp3) is 0.333. The molecule has 1 aromatic carbocycles. The number of ether oxygens (including phenoxy) is 1. The van der Waals surface area contributed by atoms with Gasteiger partial charge in [-0.15, -0.1) is 0 Å². The summed E-state index contributed by atoms with van der Waals surface area (Å²) in [6, 6.07) is 9.42. The van der Waals surface area contributed by atoms with Crippen LogP contribution in [0.2, 0.25) is 0 Å². The second-order valence-electron chi connectivity index (χ2n) is 3.47.